The van der Waals surface area contributed by atoms with Gasteiger partial charge in [0.25, 0.3) is 0 Å². The van der Waals surface area contributed by atoms with Crippen LogP contribution in [0.15, 0.2) is 48.5 Å². The minimum absolute atomic E-state index is 0.477. The third-order valence-corrected chi connectivity index (χ3v) is 14.1. The first kappa shape index (κ1) is 25.9. The van der Waals surface area contributed by atoms with Gasteiger partial charge in [-0.1, -0.05) is 90.1 Å². The third kappa shape index (κ3) is 5.50. The normalized spacial score (nSPS) is 21.7. The van der Waals surface area contributed by atoms with E-state index in [9.17, 15) is 9.90 Å². The van der Waals surface area contributed by atoms with Crippen LogP contribution < -0.4 is 0 Å². The molecule has 0 radical (unpaired) electrons. The highest BCUT2D eigenvalue weighted by Crippen LogP contribution is 2.44. The molecule has 0 atom stereocenters. The summed E-state index contributed by atoms with van der Waals surface area (Å²) in [4.78, 5) is 10.9. The van der Waals surface area contributed by atoms with Gasteiger partial charge in [-0.25, -0.2) is 0 Å². The van der Waals surface area contributed by atoms with Gasteiger partial charge >= 0.3 is 0 Å². The fraction of sp³-hybridized carbons (Fsp3) is 0.552. The second-order valence-corrected chi connectivity index (χ2v) is 16.4. The number of carbonyl (C=O) groups is 1. The van der Waals surface area contributed by atoms with Gasteiger partial charge in [-0.05, 0) is 64.9 Å². The van der Waals surface area contributed by atoms with Gasteiger partial charge < -0.3 is 9.53 Å². The Morgan fingerprint density at radius 2 is 1.42 bits per heavy atom. The highest BCUT2D eigenvalue weighted by Gasteiger charge is 2.45. The molecule has 1 N–H and O–H groups in total. The Bertz CT molecular complexity index is 870. The van der Waals surface area contributed by atoms with Crippen molar-refractivity contribution in [3.05, 3.63) is 70.8 Å². The number of hydrogen-bond donors (Lipinski definition) is 1. The average Bonchev–Trinajstić information content (AvgIpc) is 2.80. The average molecular weight is 467 g/mol. The fourth-order valence-electron chi connectivity index (χ4n) is 6.18. The molecular formula is C29H42O3Si. The molecule has 0 spiro atoms. The highest BCUT2D eigenvalue weighted by atomic mass is 28.4. The maximum Gasteiger partial charge on any atom is 0.200 e. The zero-order valence-electron chi connectivity index (χ0n) is 21.3. The molecule has 0 saturated heterocycles. The molecule has 1 aliphatic rings. The second kappa shape index (κ2) is 10.7. The predicted molar refractivity (Wildman–Crippen MR) is 139 cm³/mol. The van der Waals surface area contributed by atoms with Gasteiger partial charge in [0, 0.05) is 5.56 Å². The van der Waals surface area contributed by atoms with E-state index < -0.39 is 13.9 Å². The van der Waals surface area contributed by atoms with E-state index in [2.05, 4.69) is 65.8 Å². The maximum atomic E-state index is 11.2. The lowest BCUT2D eigenvalue weighted by atomic mass is 9.73. The molecule has 2 aromatic carbocycles. The Hall–Kier alpha value is -1.75. The number of aliphatic hydroxyl groups is 1. The zero-order chi connectivity index (χ0) is 24.2. The second-order valence-electron chi connectivity index (χ2n) is 10.9. The molecule has 0 amide bonds. The summed E-state index contributed by atoms with van der Waals surface area (Å²) in [5, 5.41) is 11.2. The van der Waals surface area contributed by atoms with E-state index in [0.29, 0.717) is 34.7 Å². The number of carbonyl (C=O) groups excluding carboxylic acids is 1. The quantitative estimate of drug-likeness (QED) is 0.304. The van der Waals surface area contributed by atoms with E-state index >= 15 is 0 Å². The Labute approximate surface area is 201 Å². The summed E-state index contributed by atoms with van der Waals surface area (Å²) < 4.78 is 6.76. The van der Waals surface area contributed by atoms with E-state index in [1.54, 1.807) is 12.1 Å². The molecule has 1 aliphatic carbocycles. The van der Waals surface area contributed by atoms with Crippen LogP contribution in [-0.4, -0.2) is 19.7 Å². The van der Waals surface area contributed by atoms with Gasteiger partial charge in [-0.3, -0.25) is 4.79 Å². The maximum absolute atomic E-state index is 11.2. The van der Waals surface area contributed by atoms with Gasteiger partial charge in [0.1, 0.15) is 6.29 Å². The molecule has 33 heavy (non-hydrogen) atoms. The van der Waals surface area contributed by atoms with Gasteiger partial charge in [-0.15, -0.1) is 0 Å². The van der Waals surface area contributed by atoms with Gasteiger partial charge in [0.15, 0.2) is 0 Å². The molecule has 0 bridgehead atoms. The van der Waals surface area contributed by atoms with Gasteiger partial charge in [-0.2, -0.15) is 0 Å². The molecule has 1 saturated carbocycles. The Morgan fingerprint density at radius 3 is 1.88 bits per heavy atom. The molecule has 0 aliphatic heterocycles. The van der Waals surface area contributed by atoms with Crippen molar-refractivity contribution in [2.75, 3.05) is 0 Å². The van der Waals surface area contributed by atoms with Crippen molar-refractivity contribution in [3.8, 4) is 0 Å². The van der Waals surface area contributed by atoms with Crippen LogP contribution in [0.5, 0.6) is 0 Å². The Balaban J connectivity index is 1.62. The first-order chi connectivity index (χ1) is 15.6. The molecule has 3 rings (SSSR count). The molecular weight excluding hydrogens is 424 g/mol. The van der Waals surface area contributed by atoms with E-state index in [-0.39, 0.29) is 0 Å². The van der Waals surface area contributed by atoms with Crippen molar-refractivity contribution in [2.24, 2.45) is 0 Å². The van der Waals surface area contributed by atoms with Crippen molar-refractivity contribution in [3.63, 3.8) is 0 Å². The molecule has 0 aromatic heterocycles. The molecule has 4 heteroatoms. The first-order valence-corrected chi connectivity index (χ1v) is 14.8. The van der Waals surface area contributed by atoms with Crippen molar-refractivity contribution < 1.29 is 14.3 Å². The minimum Gasteiger partial charge on any atom is -0.412 e. The summed E-state index contributed by atoms with van der Waals surface area (Å²) in [7, 11) is -1.86. The third-order valence-electron chi connectivity index (χ3n) is 8.04. The minimum atomic E-state index is -1.86. The van der Waals surface area contributed by atoms with Crippen molar-refractivity contribution in [2.45, 2.75) is 102 Å². The van der Waals surface area contributed by atoms with E-state index in [4.69, 9.17) is 4.43 Å². The zero-order valence-corrected chi connectivity index (χ0v) is 22.3. The van der Waals surface area contributed by atoms with Gasteiger partial charge in [0.05, 0.1) is 12.2 Å². The monoisotopic (exact) mass is 466 g/mol. The van der Waals surface area contributed by atoms with Crippen molar-refractivity contribution >= 4 is 14.6 Å². The molecule has 0 heterocycles. The number of aldehydes is 1. The van der Waals surface area contributed by atoms with Crippen molar-refractivity contribution in [1.82, 2.24) is 0 Å². The summed E-state index contributed by atoms with van der Waals surface area (Å²) >= 11 is 0. The topological polar surface area (TPSA) is 46.5 Å². The number of benzene rings is 2. The number of hydrogen-bond acceptors (Lipinski definition) is 3. The van der Waals surface area contributed by atoms with Crippen LogP contribution in [0.2, 0.25) is 16.6 Å². The van der Waals surface area contributed by atoms with Gasteiger partial charge in [0.2, 0.25) is 8.32 Å². The summed E-state index contributed by atoms with van der Waals surface area (Å²) in [6, 6.07) is 16.4. The molecule has 3 nitrogen and oxygen atoms in total. The summed E-state index contributed by atoms with van der Waals surface area (Å²) in [6.45, 7) is 14.7. The number of rotatable bonds is 9. The summed E-state index contributed by atoms with van der Waals surface area (Å²) in [5.74, 6) is 0.477. The van der Waals surface area contributed by atoms with E-state index in [1.165, 1.54) is 11.1 Å². The Kier molecular flexibility index (Phi) is 8.36. The first-order valence-electron chi connectivity index (χ1n) is 12.6. The standard InChI is InChI=1S/C29H42O3Si/c1-21(2)33(22(3)4,23(5)6)32-20-25-7-11-26(12-8-25)27-15-17-29(31,18-16-27)28-13-9-24(19-30)10-14-28/h7-14,19,21-23,27,31H,15-18,20H2,1-6H3. The van der Waals surface area contributed by atoms with E-state index in [1.807, 2.05) is 12.1 Å². The summed E-state index contributed by atoms with van der Waals surface area (Å²) in [5.41, 5.74) is 5.16. The van der Waals surface area contributed by atoms with Crippen LogP contribution in [-0.2, 0) is 16.6 Å². The lowest BCUT2D eigenvalue weighted by Gasteiger charge is -2.42. The largest absolute Gasteiger partial charge is 0.412 e. The van der Waals surface area contributed by atoms with Crippen LogP contribution >= 0.6 is 0 Å². The van der Waals surface area contributed by atoms with Crippen LogP contribution in [0.25, 0.3) is 0 Å². The lowest BCUT2D eigenvalue weighted by Crippen LogP contribution is -2.47. The summed E-state index contributed by atoms with van der Waals surface area (Å²) in [6.07, 6.45) is 4.26. The van der Waals surface area contributed by atoms with Crippen LogP contribution in [0.4, 0.5) is 0 Å². The smallest absolute Gasteiger partial charge is 0.200 e. The lowest BCUT2D eigenvalue weighted by molar-refractivity contribution is -0.00567. The van der Waals surface area contributed by atoms with Crippen molar-refractivity contribution in [1.29, 1.82) is 0 Å². The SMILES string of the molecule is CC(C)[Si](OCc1ccc(C2CCC(O)(c3ccc(C=O)cc3)CC2)cc1)(C(C)C)C(C)C. The molecule has 0 unspecified atom stereocenters. The Morgan fingerprint density at radius 1 is 0.909 bits per heavy atom. The highest BCUT2D eigenvalue weighted by molar-refractivity contribution is 6.77. The molecule has 2 aromatic rings. The molecule has 1 fully saturated rings. The van der Waals surface area contributed by atoms with E-state index in [0.717, 1.165) is 37.5 Å². The van der Waals surface area contributed by atoms with Crippen LogP contribution in [0, 0.1) is 0 Å². The fourth-order valence-corrected chi connectivity index (χ4v) is 11.6. The molecule has 180 valence electrons. The van der Waals surface area contributed by atoms with Crippen LogP contribution in [0.3, 0.4) is 0 Å². The predicted octanol–water partition coefficient (Wildman–Crippen LogP) is 7.74. The van der Waals surface area contributed by atoms with Crippen LogP contribution in [0.1, 0.15) is 100 Å².